The van der Waals surface area contributed by atoms with E-state index in [9.17, 15) is 4.79 Å². The predicted octanol–water partition coefficient (Wildman–Crippen LogP) is 2.85. The topological polar surface area (TPSA) is 50.4 Å². The van der Waals surface area contributed by atoms with Crippen molar-refractivity contribution in [1.82, 2.24) is 10.6 Å². The standard InChI is InChI=1S/C14H22N2O2/c1-5-15-14(17)16-11(4)12-7-6-8-13(9-12)18-10(2)3/h6-11H,5H2,1-4H3,(H2,15,16,17)/t11-/m0/s1. The molecule has 0 aliphatic carbocycles. The summed E-state index contributed by atoms with van der Waals surface area (Å²) in [4.78, 5) is 11.4. The fraction of sp³-hybridized carbons (Fsp3) is 0.500. The van der Waals surface area contributed by atoms with Gasteiger partial charge in [0.05, 0.1) is 12.1 Å². The third-order valence-corrected chi connectivity index (χ3v) is 2.41. The van der Waals surface area contributed by atoms with Crippen molar-refractivity contribution in [3.63, 3.8) is 0 Å². The van der Waals surface area contributed by atoms with E-state index < -0.39 is 0 Å². The molecule has 4 nitrogen and oxygen atoms in total. The first-order chi connectivity index (χ1) is 8.52. The summed E-state index contributed by atoms with van der Waals surface area (Å²) in [5.74, 6) is 0.826. The van der Waals surface area contributed by atoms with Gasteiger partial charge in [-0.15, -0.1) is 0 Å². The molecule has 0 fully saturated rings. The van der Waals surface area contributed by atoms with Gasteiger partial charge in [0.15, 0.2) is 0 Å². The molecule has 0 saturated carbocycles. The first kappa shape index (κ1) is 14.4. The minimum Gasteiger partial charge on any atom is -0.491 e. The third kappa shape index (κ3) is 4.65. The van der Waals surface area contributed by atoms with Gasteiger partial charge in [-0.05, 0) is 45.4 Å². The van der Waals surface area contributed by atoms with E-state index in [1.165, 1.54) is 0 Å². The van der Waals surface area contributed by atoms with E-state index in [2.05, 4.69) is 10.6 Å². The minimum atomic E-state index is -0.153. The summed E-state index contributed by atoms with van der Waals surface area (Å²) in [5.41, 5.74) is 1.03. The van der Waals surface area contributed by atoms with Gasteiger partial charge in [-0.1, -0.05) is 12.1 Å². The molecular formula is C14H22N2O2. The maximum absolute atomic E-state index is 11.4. The number of carbonyl (C=O) groups excluding carboxylic acids is 1. The third-order valence-electron chi connectivity index (χ3n) is 2.41. The molecule has 0 unspecified atom stereocenters. The van der Waals surface area contributed by atoms with Crippen molar-refractivity contribution in [1.29, 1.82) is 0 Å². The Kier molecular flexibility index (Phi) is 5.49. The van der Waals surface area contributed by atoms with Crippen molar-refractivity contribution in [2.75, 3.05) is 6.54 Å². The van der Waals surface area contributed by atoms with E-state index in [1.807, 2.05) is 52.0 Å². The average molecular weight is 250 g/mol. The molecule has 2 N–H and O–H groups in total. The number of ether oxygens (including phenoxy) is 1. The van der Waals surface area contributed by atoms with Gasteiger partial charge in [0.2, 0.25) is 0 Å². The lowest BCUT2D eigenvalue weighted by Crippen LogP contribution is -2.36. The van der Waals surface area contributed by atoms with Gasteiger partial charge in [0.25, 0.3) is 0 Å². The second-order valence-electron chi connectivity index (χ2n) is 4.46. The predicted molar refractivity (Wildman–Crippen MR) is 72.8 cm³/mol. The van der Waals surface area contributed by atoms with Crippen LogP contribution in [-0.2, 0) is 0 Å². The van der Waals surface area contributed by atoms with Crippen molar-refractivity contribution >= 4 is 6.03 Å². The fourth-order valence-corrected chi connectivity index (χ4v) is 1.62. The van der Waals surface area contributed by atoms with Gasteiger partial charge in [-0.2, -0.15) is 0 Å². The average Bonchev–Trinajstić information content (AvgIpc) is 2.28. The van der Waals surface area contributed by atoms with E-state index in [4.69, 9.17) is 4.74 Å². The van der Waals surface area contributed by atoms with Gasteiger partial charge in [0, 0.05) is 6.54 Å². The van der Waals surface area contributed by atoms with E-state index in [0.717, 1.165) is 11.3 Å². The number of benzene rings is 1. The Balaban J connectivity index is 2.67. The van der Waals surface area contributed by atoms with Crippen LogP contribution in [0.1, 0.15) is 39.3 Å². The normalized spacial score (nSPS) is 12.1. The molecule has 100 valence electrons. The first-order valence-electron chi connectivity index (χ1n) is 6.34. The Labute approximate surface area is 109 Å². The van der Waals surface area contributed by atoms with Crippen molar-refractivity contribution in [3.8, 4) is 5.75 Å². The Morgan fingerprint density at radius 1 is 1.33 bits per heavy atom. The van der Waals surface area contributed by atoms with E-state index in [0.29, 0.717) is 6.54 Å². The Hall–Kier alpha value is -1.71. The second kappa shape index (κ2) is 6.89. The molecule has 0 saturated heterocycles. The van der Waals surface area contributed by atoms with Crippen LogP contribution in [0.2, 0.25) is 0 Å². The summed E-state index contributed by atoms with van der Waals surface area (Å²) in [7, 11) is 0. The van der Waals surface area contributed by atoms with Crippen molar-refractivity contribution in [3.05, 3.63) is 29.8 Å². The zero-order chi connectivity index (χ0) is 13.5. The largest absolute Gasteiger partial charge is 0.491 e. The zero-order valence-corrected chi connectivity index (χ0v) is 11.5. The lowest BCUT2D eigenvalue weighted by molar-refractivity contribution is 0.237. The van der Waals surface area contributed by atoms with E-state index >= 15 is 0 Å². The molecule has 2 amide bonds. The number of rotatable bonds is 5. The number of hydrogen-bond donors (Lipinski definition) is 2. The van der Waals surface area contributed by atoms with Crippen LogP contribution in [0.4, 0.5) is 4.79 Å². The molecule has 0 aromatic heterocycles. The number of carbonyl (C=O) groups is 1. The lowest BCUT2D eigenvalue weighted by Gasteiger charge is -2.16. The van der Waals surface area contributed by atoms with Crippen LogP contribution in [0.3, 0.4) is 0 Å². The van der Waals surface area contributed by atoms with Gasteiger partial charge in [-0.3, -0.25) is 0 Å². The van der Waals surface area contributed by atoms with E-state index in [1.54, 1.807) is 0 Å². The maximum Gasteiger partial charge on any atom is 0.315 e. The van der Waals surface area contributed by atoms with Crippen LogP contribution in [0, 0.1) is 0 Å². The molecule has 1 atom stereocenters. The van der Waals surface area contributed by atoms with Crippen LogP contribution in [-0.4, -0.2) is 18.7 Å². The van der Waals surface area contributed by atoms with Gasteiger partial charge >= 0.3 is 6.03 Å². The molecule has 0 bridgehead atoms. The lowest BCUT2D eigenvalue weighted by atomic mass is 10.1. The summed E-state index contributed by atoms with van der Waals surface area (Å²) in [6.45, 7) is 8.44. The van der Waals surface area contributed by atoms with Crippen molar-refractivity contribution in [2.24, 2.45) is 0 Å². The highest BCUT2D eigenvalue weighted by molar-refractivity contribution is 5.74. The van der Waals surface area contributed by atoms with Crippen molar-refractivity contribution in [2.45, 2.75) is 39.8 Å². The molecule has 0 aliphatic heterocycles. The molecule has 1 aromatic carbocycles. The van der Waals surface area contributed by atoms with Gasteiger partial charge < -0.3 is 15.4 Å². The summed E-state index contributed by atoms with van der Waals surface area (Å²) in [6.07, 6.45) is 0.145. The number of amides is 2. The van der Waals surface area contributed by atoms with E-state index in [-0.39, 0.29) is 18.2 Å². The van der Waals surface area contributed by atoms with Crippen LogP contribution in [0.5, 0.6) is 5.75 Å². The summed E-state index contributed by atoms with van der Waals surface area (Å²) >= 11 is 0. The monoisotopic (exact) mass is 250 g/mol. The smallest absolute Gasteiger partial charge is 0.315 e. The first-order valence-corrected chi connectivity index (χ1v) is 6.34. The molecule has 0 spiro atoms. The Morgan fingerprint density at radius 3 is 2.67 bits per heavy atom. The highest BCUT2D eigenvalue weighted by Gasteiger charge is 2.09. The van der Waals surface area contributed by atoms with Crippen LogP contribution < -0.4 is 15.4 Å². The Morgan fingerprint density at radius 2 is 2.06 bits per heavy atom. The zero-order valence-electron chi connectivity index (χ0n) is 11.5. The molecule has 1 rings (SSSR count). The maximum atomic E-state index is 11.4. The van der Waals surface area contributed by atoms with Crippen molar-refractivity contribution < 1.29 is 9.53 Å². The summed E-state index contributed by atoms with van der Waals surface area (Å²) < 4.78 is 5.63. The number of nitrogens with one attached hydrogen (secondary N) is 2. The molecule has 18 heavy (non-hydrogen) atoms. The van der Waals surface area contributed by atoms with Crippen LogP contribution >= 0.6 is 0 Å². The number of hydrogen-bond acceptors (Lipinski definition) is 2. The molecule has 1 aromatic rings. The number of urea groups is 1. The van der Waals surface area contributed by atoms with Gasteiger partial charge in [-0.25, -0.2) is 4.79 Å². The van der Waals surface area contributed by atoms with Gasteiger partial charge in [0.1, 0.15) is 5.75 Å². The van der Waals surface area contributed by atoms with Crippen LogP contribution in [0.25, 0.3) is 0 Å². The minimum absolute atomic E-state index is 0.0488. The summed E-state index contributed by atoms with van der Waals surface area (Å²) in [5, 5.41) is 5.58. The molecule has 0 aliphatic rings. The Bertz CT molecular complexity index is 391. The molecule has 0 radical (unpaired) electrons. The highest BCUT2D eigenvalue weighted by atomic mass is 16.5. The van der Waals surface area contributed by atoms with Crippen LogP contribution in [0.15, 0.2) is 24.3 Å². The molecule has 4 heteroatoms. The second-order valence-corrected chi connectivity index (χ2v) is 4.46. The highest BCUT2D eigenvalue weighted by Crippen LogP contribution is 2.19. The fourth-order valence-electron chi connectivity index (χ4n) is 1.62. The quantitative estimate of drug-likeness (QED) is 0.844. The molecular weight excluding hydrogens is 228 g/mol. The SMILES string of the molecule is CCNC(=O)N[C@@H](C)c1cccc(OC(C)C)c1. The summed E-state index contributed by atoms with van der Waals surface area (Å²) in [6, 6.07) is 7.58. The molecule has 0 heterocycles.